The Bertz CT molecular complexity index is 626. The average Bonchev–Trinajstić information content (AvgIpc) is 2.37. The van der Waals surface area contributed by atoms with Gasteiger partial charge >= 0.3 is 0 Å². The fraction of sp³-hybridized carbons (Fsp3) is 0.143. The summed E-state index contributed by atoms with van der Waals surface area (Å²) in [6.07, 6.45) is 0. The third kappa shape index (κ3) is 2.65. The monoisotopic (exact) mass is 257 g/mol. The molecule has 0 aliphatic rings. The van der Waals surface area contributed by atoms with Gasteiger partial charge in [0.2, 0.25) is 0 Å². The second kappa shape index (κ2) is 4.97. The van der Waals surface area contributed by atoms with Crippen molar-refractivity contribution in [2.24, 2.45) is 0 Å². The van der Waals surface area contributed by atoms with Crippen LogP contribution >= 0.6 is 0 Å². The molecule has 0 heterocycles. The van der Waals surface area contributed by atoms with Crippen LogP contribution in [0.1, 0.15) is 5.56 Å². The number of nitro benzene ring substituents is 1. The third-order valence-electron chi connectivity index (χ3n) is 2.98. The van der Waals surface area contributed by atoms with Crippen LogP contribution in [-0.2, 0) is 0 Å². The van der Waals surface area contributed by atoms with Gasteiger partial charge in [-0.3, -0.25) is 10.1 Å². The molecule has 0 amide bonds. The lowest BCUT2D eigenvalue weighted by atomic mass is 10.2. The van der Waals surface area contributed by atoms with Crippen LogP contribution in [0.5, 0.6) is 0 Å². The normalized spacial score (nSPS) is 10.2. The summed E-state index contributed by atoms with van der Waals surface area (Å²) in [7, 11) is 1.90. The lowest BCUT2D eigenvalue weighted by Gasteiger charge is -2.20. The number of nitro groups is 1. The summed E-state index contributed by atoms with van der Waals surface area (Å²) in [5.41, 5.74) is 8.77. The van der Waals surface area contributed by atoms with Crippen molar-refractivity contribution in [3.63, 3.8) is 0 Å². The molecule has 5 heteroatoms. The topological polar surface area (TPSA) is 72.4 Å². The van der Waals surface area contributed by atoms with E-state index in [1.165, 1.54) is 6.07 Å². The van der Waals surface area contributed by atoms with Crippen LogP contribution < -0.4 is 10.6 Å². The van der Waals surface area contributed by atoms with Gasteiger partial charge in [0.1, 0.15) is 5.69 Å². The molecule has 2 aromatic carbocycles. The molecule has 98 valence electrons. The maximum atomic E-state index is 10.7. The van der Waals surface area contributed by atoms with Gasteiger partial charge in [-0.05, 0) is 36.8 Å². The van der Waals surface area contributed by atoms with Crippen molar-refractivity contribution in [1.82, 2.24) is 0 Å². The van der Waals surface area contributed by atoms with Crippen LogP contribution in [-0.4, -0.2) is 12.0 Å². The Morgan fingerprint density at radius 3 is 2.42 bits per heavy atom. The maximum Gasteiger partial charge on any atom is 0.292 e. The van der Waals surface area contributed by atoms with E-state index in [0.29, 0.717) is 0 Å². The average molecular weight is 257 g/mol. The van der Waals surface area contributed by atoms with Gasteiger partial charge in [0.15, 0.2) is 0 Å². The van der Waals surface area contributed by atoms with E-state index >= 15 is 0 Å². The first-order chi connectivity index (χ1) is 8.99. The fourth-order valence-corrected chi connectivity index (χ4v) is 1.90. The van der Waals surface area contributed by atoms with Crippen LogP contribution in [0, 0.1) is 17.0 Å². The number of rotatable bonds is 3. The van der Waals surface area contributed by atoms with E-state index in [-0.39, 0.29) is 11.4 Å². The highest BCUT2D eigenvalue weighted by Gasteiger charge is 2.13. The third-order valence-corrected chi connectivity index (χ3v) is 2.98. The molecule has 0 fully saturated rings. The Labute approximate surface area is 111 Å². The maximum absolute atomic E-state index is 10.7. The summed E-state index contributed by atoms with van der Waals surface area (Å²) in [5, 5.41) is 10.7. The molecule has 2 aromatic rings. The second-order valence-corrected chi connectivity index (χ2v) is 4.40. The molecule has 19 heavy (non-hydrogen) atoms. The highest BCUT2D eigenvalue weighted by atomic mass is 16.6. The highest BCUT2D eigenvalue weighted by molar-refractivity contribution is 5.71. The summed E-state index contributed by atoms with van der Waals surface area (Å²) in [6.45, 7) is 2.02. The van der Waals surface area contributed by atoms with Gasteiger partial charge < -0.3 is 10.6 Å². The van der Waals surface area contributed by atoms with Crippen molar-refractivity contribution in [3.05, 3.63) is 58.1 Å². The van der Waals surface area contributed by atoms with Crippen LogP contribution in [0.15, 0.2) is 42.5 Å². The smallest absolute Gasteiger partial charge is 0.292 e. The largest absolute Gasteiger partial charge is 0.393 e. The summed E-state index contributed by atoms with van der Waals surface area (Å²) < 4.78 is 0. The SMILES string of the molecule is Cc1cccc(N(C)c2ccc([N+](=O)[O-])c(N)c2)c1. The fourth-order valence-electron chi connectivity index (χ4n) is 1.90. The lowest BCUT2D eigenvalue weighted by Crippen LogP contribution is -2.10. The predicted molar refractivity (Wildman–Crippen MR) is 76.8 cm³/mol. The van der Waals surface area contributed by atoms with Gasteiger partial charge in [-0.2, -0.15) is 0 Å². The van der Waals surface area contributed by atoms with Crippen molar-refractivity contribution in [2.45, 2.75) is 6.92 Å². The quantitative estimate of drug-likeness (QED) is 0.520. The minimum absolute atomic E-state index is 0.0682. The Morgan fingerprint density at radius 2 is 1.84 bits per heavy atom. The summed E-state index contributed by atoms with van der Waals surface area (Å²) >= 11 is 0. The van der Waals surface area contributed by atoms with E-state index in [0.717, 1.165) is 16.9 Å². The minimum atomic E-state index is -0.480. The van der Waals surface area contributed by atoms with E-state index in [1.807, 2.05) is 43.1 Å². The Kier molecular flexibility index (Phi) is 3.37. The van der Waals surface area contributed by atoms with E-state index in [1.54, 1.807) is 12.1 Å². The zero-order chi connectivity index (χ0) is 14.0. The molecule has 5 nitrogen and oxygen atoms in total. The Hall–Kier alpha value is -2.56. The molecule has 0 radical (unpaired) electrons. The first-order valence-electron chi connectivity index (χ1n) is 5.83. The predicted octanol–water partition coefficient (Wildman–Crippen LogP) is 3.25. The van der Waals surface area contributed by atoms with Crippen LogP contribution in [0.4, 0.5) is 22.7 Å². The molecule has 0 spiro atoms. The number of nitrogens with two attached hydrogens (primary N) is 1. The first-order valence-corrected chi connectivity index (χ1v) is 5.83. The van der Waals surface area contributed by atoms with Gasteiger partial charge in [0.25, 0.3) is 5.69 Å². The molecule has 0 saturated heterocycles. The molecule has 2 N–H and O–H groups in total. The number of benzene rings is 2. The van der Waals surface area contributed by atoms with E-state index in [2.05, 4.69) is 0 Å². The number of hydrogen-bond acceptors (Lipinski definition) is 4. The molecular formula is C14H15N3O2. The summed E-state index contributed by atoms with van der Waals surface area (Å²) in [4.78, 5) is 12.2. The van der Waals surface area contributed by atoms with E-state index in [4.69, 9.17) is 5.73 Å². The van der Waals surface area contributed by atoms with Gasteiger partial charge in [0, 0.05) is 24.5 Å². The standard InChI is InChI=1S/C14H15N3O2/c1-10-4-3-5-11(8-10)16(2)12-6-7-14(17(18)19)13(15)9-12/h3-9H,15H2,1-2H3. The van der Waals surface area contributed by atoms with Gasteiger partial charge in [-0.15, -0.1) is 0 Å². The molecule has 0 atom stereocenters. The Morgan fingerprint density at radius 1 is 1.16 bits per heavy atom. The first kappa shape index (κ1) is 12.9. The summed E-state index contributed by atoms with van der Waals surface area (Å²) in [6, 6.07) is 12.7. The number of hydrogen-bond donors (Lipinski definition) is 1. The van der Waals surface area contributed by atoms with E-state index in [9.17, 15) is 10.1 Å². The molecular weight excluding hydrogens is 242 g/mol. The molecule has 0 aliphatic heterocycles. The molecule has 0 unspecified atom stereocenters. The van der Waals surface area contributed by atoms with Crippen LogP contribution in [0.25, 0.3) is 0 Å². The zero-order valence-electron chi connectivity index (χ0n) is 10.8. The minimum Gasteiger partial charge on any atom is -0.393 e. The van der Waals surface area contributed by atoms with Crippen molar-refractivity contribution < 1.29 is 4.92 Å². The number of aryl methyl sites for hydroxylation is 1. The van der Waals surface area contributed by atoms with Crippen molar-refractivity contribution >= 4 is 22.7 Å². The van der Waals surface area contributed by atoms with Crippen LogP contribution in [0.3, 0.4) is 0 Å². The lowest BCUT2D eigenvalue weighted by molar-refractivity contribution is -0.383. The molecule has 2 rings (SSSR count). The molecule has 0 saturated carbocycles. The Balaban J connectivity index is 2.37. The zero-order valence-corrected chi connectivity index (χ0v) is 10.8. The van der Waals surface area contributed by atoms with Gasteiger partial charge in [0.05, 0.1) is 4.92 Å². The van der Waals surface area contributed by atoms with E-state index < -0.39 is 4.92 Å². The highest BCUT2D eigenvalue weighted by Crippen LogP contribution is 2.30. The van der Waals surface area contributed by atoms with Crippen molar-refractivity contribution in [1.29, 1.82) is 0 Å². The van der Waals surface area contributed by atoms with Crippen molar-refractivity contribution in [2.75, 3.05) is 17.7 Å². The van der Waals surface area contributed by atoms with Crippen molar-refractivity contribution in [3.8, 4) is 0 Å². The number of nitrogen functional groups attached to an aromatic ring is 1. The summed E-state index contributed by atoms with van der Waals surface area (Å²) in [5.74, 6) is 0. The molecule has 0 aliphatic carbocycles. The molecule has 0 bridgehead atoms. The van der Waals surface area contributed by atoms with Crippen LogP contribution in [0.2, 0.25) is 0 Å². The second-order valence-electron chi connectivity index (χ2n) is 4.40. The number of anilines is 3. The number of nitrogens with zero attached hydrogens (tertiary/aromatic N) is 2. The van der Waals surface area contributed by atoms with Gasteiger partial charge in [-0.1, -0.05) is 12.1 Å². The molecule has 0 aromatic heterocycles. The van der Waals surface area contributed by atoms with Gasteiger partial charge in [-0.25, -0.2) is 0 Å².